The molecule has 2 nitrogen and oxygen atoms in total. The van der Waals surface area contributed by atoms with E-state index in [9.17, 15) is 10.2 Å². The molecule has 2 N–H and O–H groups in total. The molecule has 3 fully saturated rings. The van der Waals surface area contributed by atoms with Gasteiger partial charge in [-0.15, -0.1) is 0 Å². The second kappa shape index (κ2) is 2.73. The summed E-state index contributed by atoms with van der Waals surface area (Å²) in [5, 5.41) is 20.1. The maximum atomic E-state index is 10.1. The first-order chi connectivity index (χ1) is 6.61. The van der Waals surface area contributed by atoms with Crippen molar-refractivity contribution >= 4 is 0 Å². The van der Waals surface area contributed by atoms with Crippen LogP contribution in [0.3, 0.4) is 0 Å². The second-order valence-electron chi connectivity index (χ2n) is 5.86. The van der Waals surface area contributed by atoms with E-state index in [1.54, 1.807) is 0 Å². The Morgan fingerprint density at radius 3 is 2.29 bits per heavy atom. The fourth-order valence-electron chi connectivity index (χ4n) is 4.65. The Bertz CT molecular complexity index is 249. The van der Waals surface area contributed by atoms with Crippen molar-refractivity contribution in [1.82, 2.24) is 0 Å². The van der Waals surface area contributed by atoms with Crippen molar-refractivity contribution in [2.75, 3.05) is 0 Å². The highest BCUT2D eigenvalue weighted by Crippen LogP contribution is 2.61. The largest absolute Gasteiger partial charge is 0.393 e. The molecule has 0 aromatic heterocycles. The molecule has 0 saturated heterocycles. The molecular formula is C12H20O2. The van der Waals surface area contributed by atoms with Gasteiger partial charge in [-0.25, -0.2) is 0 Å². The number of fused-ring (bicyclic) bond motifs is 5. The van der Waals surface area contributed by atoms with Crippen molar-refractivity contribution in [2.45, 2.75) is 38.9 Å². The summed E-state index contributed by atoms with van der Waals surface area (Å²) in [5.41, 5.74) is 0. The van der Waals surface area contributed by atoms with Gasteiger partial charge < -0.3 is 10.2 Å². The Labute approximate surface area is 85.3 Å². The minimum absolute atomic E-state index is 0.138. The number of aliphatic hydroxyl groups excluding tert-OH is 2. The molecule has 2 heteroatoms. The van der Waals surface area contributed by atoms with Gasteiger partial charge in [-0.05, 0) is 48.3 Å². The van der Waals surface area contributed by atoms with Crippen molar-refractivity contribution in [3.63, 3.8) is 0 Å². The van der Waals surface area contributed by atoms with Gasteiger partial charge in [0.1, 0.15) is 0 Å². The molecule has 0 aromatic carbocycles. The van der Waals surface area contributed by atoms with E-state index in [0.29, 0.717) is 35.5 Å². The first-order valence-corrected chi connectivity index (χ1v) is 5.97. The Hall–Kier alpha value is -0.0800. The van der Waals surface area contributed by atoms with Crippen LogP contribution < -0.4 is 0 Å². The first-order valence-electron chi connectivity index (χ1n) is 5.97. The van der Waals surface area contributed by atoms with E-state index in [0.717, 1.165) is 0 Å². The van der Waals surface area contributed by atoms with Crippen LogP contribution in [0.25, 0.3) is 0 Å². The van der Waals surface area contributed by atoms with Crippen molar-refractivity contribution < 1.29 is 10.2 Å². The lowest BCUT2D eigenvalue weighted by Crippen LogP contribution is -2.38. The van der Waals surface area contributed by atoms with Gasteiger partial charge in [0.2, 0.25) is 0 Å². The predicted octanol–water partition coefficient (Wildman–Crippen LogP) is 1.27. The second-order valence-corrected chi connectivity index (χ2v) is 5.86. The molecule has 3 aliphatic rings. The molecular weight excluding hydrogens is 176 g/mol. The van der Waals surface area contributed by atoms with Gasteiger partial charge in [0, 0.05) is 0 Å². The fraction of sp³-hybridized carbons (Fsp3) is 1.00. The summed E-state index contributed by atoms with van der Waals surface area (Å²) in [6, 6.07) is 0. The Morgan fingerprint density at radius 2 is 1.57 bits per heavy atom. The molecule has 0 aliphatic heterocycles. The average Bonchev–Trinajstić information content (AvgIpc) is 2.72. The third-order valence-electron chi connectivity index (χ3n) is 5.36. The van der Waals surface area contributed by atoms with Gasteiger partial charge in [0.25, 0.3) is 0 Å². The smallest absolute Gasteiger partial charge is 0.0600 e. The molecule has 8 unspecified atom stereocenters. The molecule has 0 spiro atoms. The standard InChI is InChI=1S/C12H20O2/c1-5-3-8-7-4-9(10(8)11(5)13)12(14)6(7)2/h5-14H,3-4H2,1-2H3. The topological polar surface area (TPSA) is 40.5 Å². The lowest BCUT2D eigenvalue weighted by atomic mass is 9.74. The summed E-state index contributed by atoms with van der Waals surface area (Å²) in [5.74, 6) is 3.15. The lowest BCUT2D eigenvalue weighted by molar-refractivity contribution is -0.0197. The molecule has 0 amide bonds. The van der Waals surface area contributed by atoms with Crippen molar-refractivity contribution in [3.05, 3.63) is 0 Å². The van der Waals surface area contributed by atoms with Crippen LogP contribution in [-0.2, 0) is 0 Å². The van der Waals surface area contributed by atoms with Crippen molar-refractivity contribution in [2.24, 2.45) is 35.5 Å². The Kier molecular flexibility index (Phi) is 1.79. The molecule has 3 saturated carbocycles. The SMILES string of the molecule is CC1CC2C3CC(C(O)C3C)C2C1O. The van der Waals surface area contributed by atoms with Gasteiger partial charge in [0.05, 0.1) is 12.2 Å². The van der Waals surface area contributed by atoms with Crippen LogP contribution in [0.15, 0.2) is 0 Å². The normalized spacial score (nSPS) is 66.0. The van der Waals surface area contributed by atoms with Gasteiger partial charge in [0.15, 0.2) is 0 Å². The van der Waals surface area contributed by atoms with Crippen molar-refractivity contribution in [1.29, 1.82) is 0 Å². The summed E-state index contributed by atoms with van der Waals surface area (Å²) in [6.45, 7) is 4.33. The summed E-state index contributed by atoms with van der Waals surface area (Å²) in [6.07, 6.45) is 2.07. The van der Waals surface area contributed by atoms with Gasteiger partial charge >= 0.3 is 0 Å². The quantitative estimate of drug-likeness (QED) is 0.612. The zero-order valence-electron chi connectivity index (χ0n) is 8.93. The highest BCUT2D eigenvalue weighted by molar-refractivity contribution is 5.09. The van der Waals surface area contributed by atoms with E-state index in [2.05, 4.69) is 13.8 Å². The zero-order valence-corrected chi connectivity index (χ0v) is 8.93. The third-order valence-corrected chi connectivity index (χ3v) is 5.36. The van der Waals surface area contributed by atoms with Crippen LogP contribution in [0.5, 0.6) is 0 Å². The predicted molar refractivity (Wildman–Crippen MR) is 53.5 cm³/mol. The molecule has 3 rings (SSSR count). The number of hydrogen-bond acceptors (Lipinski definition) is 2. The maximum absolute atomic E-state index is 10.1. The minimum Gasteiger partial charge on any atom is -0.393 e. The molecule has 14 heavy (non-hydrogen) atoms. The van der Waals surface area contributed by atoms with E-state index >= 15 is 0 Å². The van der Waals surface area contributed by atoms with E-state index < -0.39 is 0 Å². The van der Waals surface area contributed by atoms with Crippen LogP contribution in [0.1, 0.15) is 26.7 Å². The fourth-order valence-corrected chi connectivity index (χ4v) is 4.65. The Balaban J connectivity index is 1.91. The summed E-state index contributed by atoms with van der Waals surface area (Å²) < 4.78 is 0. The number of aliphatic hydroxyl groups is 2. The highest BCUT2D eigenvalue weighted by Gasteiger charge is 2.61. The van der Waals surface area contributed by atoms with Gasteiger partial charge in [-0.3, -0.25) is 0 Å². The van der Waals surface area contributed by atoms with Gasteiger partial charge in [-0.1, -0.05) is 13.8 Å². The Morgan fingerprint density at radius 1 is 0.857 bits per heavy atom. The molecule has 0 aromatic rings. The molecule has 2 bridgehead atoms. The van der Waals surface area contributed by atoms with E-state index in [4.69, 9.17) is 0 Å². The molecule has 8 atom stereocenters. The van der Waals surface area contributed by atoms with Crippen molar-refractivity contribution in [3.8, 4) is 0 Å². The monoisotopic (exact) mass is 196 g/mol. The maximum Gasteiger partial charge on any atom is 0.0600 e. The molecule has 0 radical (unpaired) electrons. The van der Waals surface area contributed by atoms with Crippen LogP contribution >= 0.6 is 0 Å². The van der Waals surface area contributed by atoms with Crippen LogP contribution in [-0.4, -0.2) is 22.4 Å². The zero-order chi connectivity index (χ0) is 10.0. The number of rotatable bonds is 0. The summed E-state index contributed by atoms with van der Waals surface area (Å²) >= 11 is 0. The van der Waals surface area contributed by atoms with Gasteiger partial charge in [-0.2, -0.15) is 0 Å². The average molecular weight is 196 g/mol. The summed E-state index contributed by atoms with van der Waals surface area (Å²) in [7, 11) is 0. The van der Waals surface area contributed by atoms with Crippen LogP contribution in [0.2, 0.25) is 0 Å². The molecule has 80 valence electrons. The van der Waals surface area contributed by atoms with E-state index in [1.165, 1.54) is 12.8 Å². The van der Waals surface area contributed by atoms with Crippen LogP contribution in [0.4, 0.5) is 0 Å². The molecule has 0 heterocycles. The highest BCUT2D eigenvalue weighted by atomic mass is 16.3. The number of hydrogen-bond donors (Lipinski definition) is 2. The lowest BCUT2D eigenvalue weighted by Gasteiger charge is -2.34. The van der Waals surface area contributed by atoms with E-state index in [1.807, 2.05) is 0 Å². The van der Waals surface area contributed by atoms with E-state index in [-0.39, 0.29) is 12.2 Å². The molecule has 3 aliphatic carbocycles. The summed E-state index contributed by atoms with van der Waals surface area (Å²) in [4.78, 5) is 0. The minimum atomic E-state index is -0.142. The first kappa shape index (κ1) is 9.17. The van der Waals surface area contributed by atoms with Crippen LogP contribution in [0, 0.1) is 35.5 Å². The third kappa shape index (κ3) is 0.892.